The van der Waals surface area contributed by atoms with Crippen molar-refractivity contribution in [1.29, 1.82) is 0 Å². The van der Waals surface area contributed by atoms with Gasteiger partial charge in [0.2, 0.25) is 6.29 Å². The maximum atomic E-state index is 12.6. The van der Waals surface area contributed by atoms with Crippen LogP contribution in [0.3, 0.4) is 0 Å². The number of hydrogen-bond donors (Lipinski definition) is 1. The number of aryl methyl sites for hydroxylation is 2. The molecule has 0 amide bonds. The van der Waals surface area contributed by atoms with Crippen LogP contribution in [0.15, 0.2) is 42.5 Å². The van der Waals surface area contributed by atoms with Crippen LogP contribution in [-0.2, 0) is 19.0 Å². The molecule has 7 nitrogen and oxygen atoms in total. The molecule has 3 atom stereocenters. The topological polar surface area (TPSA) is 99.1 Å². The lowest BCUT2D eigenvalue weighted by Gasteiger charge is -2.29. The second-order valence-corrected chi connectivity index (χ2v) is 7.82. The Morgan fingerprint density at radius 1 is 1.16 bits per heavy atom. The summed E-state index contributed by atoms with van der Waals surface area (Å²) in [5.41, 5.74) is 1.12. The summed E-state index contributed by atoms with van der Waals surface area (Å²) in [4.78, 5) is 36.0. The molecule has 2 aromatic rings. The number of hydrogen-bond acceptors (Lipinski definition) is 6. The number of carbonyl (C=O) groups is 3. The summed E-state index contributed by atoms with van der Waals surface area (Å²) in [6.07, 6.45) is 4.96. The molecule has 1 aliphatic heterocycles. The molecule has 32 heavy (non-hydrogen) atoms. The van der Waals surface area contributed by atoms with Crippen molar-refractivity contribution in [2.45, 2.75) is 45.0 Å². The lowest BCUT2D eigenvalue weighted by atomic mass is 9.80. The SMILES string of the molecule is C#CC1(COC(=O)c2ccc(C)cc2)OC(OC(C)=O)CC1c1cc(C)ccc1C(=O)O. The Hall–Kier alpha value is -3.63. The average molecular weight is 436 g/mol. The molecule has 7 heteroatoms. The normalized spacial score (nSPS) is 22.1. The lowest BCUT2D eigenvalue weighted by Crippen LogP contribution is -2.40. The largest absolute Gasteiger partial charge is 0.478 e. The van der Waals surface area contributed by atoms with Gasteiger partial charge < -0.3 is 19.3 Å². The van der Waals surface area contributed by atoms with Gasteiger partial charge in [0, 0.05) is 19.3 Å². The summed E-state index contributed by atoms with van der Waals surface area (Å²) >= 11 is 0. The zero-order chi connectivity index (χ0) is 23.5. The zero-order valence-electron chi connectivity index (χ0n) is 18.1. The van der Waals surface area contributed by atoms with Crippen molar-refractivity contribution in [2.75, 3.05) is 6.61 Å². The quantitative estimate of drug-likeness (QED) is 0.545. The van der Waals surface area contributed by atoms with E-state index in [4.69, 9.17) is 20.6 Å². The minimum atomic E-state index is -1.52. The average Bonchev–Trinajstić information content (AvgIpc) is 3.10. The molecular weight excluding hydrogens is 412 g/mol. The minimum absolute atomic E-state index is 0.0529. The van der Waals surface area contributed by atoms with Crippen LogP contribution < -0.4 is 0 Å². The van der Waals surface area contributed by atoms with Crippen molar-refractivity contribution in [2.24, 2.45) is 0 Å². The first kappa shape index (κ1) is 23.0. The molecule has 3 unspecified atom stereocenters. The second-order valence-electron chi connectivity index (χ2n) is 7.82. The molecule has 1 aliphatic rings. The van der Waals surface area contributed by atoms with Gasteiger partial charge in [-0.25, -0.2) is 9.59 Å². The van der Waals surface area contributed by atoms with Gasteiger partial charge in [-0.15, -0.1) is 6.42 Å². The van der Waals surface area contributed by atoms with Gasteiger partial charge in [-0.05, 0) is 37.6 Å². The monoisotopic (exact) mass is 436 g/mol. The summed E-state index contributed by atoms with van der Waals surface area (Å²) < 4.78 is 16.6. The summed E-state index contributed by atoms with van der Waals surface area (Å²) in [6, 6.07) is 11.7. The molecule has 1 fully saturated rings. The first-order valence-electron chi connectivity index (χ1n) is 10.1. The van der Waals surface area contributed by atoms with E-state index < -0.39 is 35.7 Å². The van der Waals surface area contributed by atoms with Crippen molar-refractivity contribution in [3.63, 3.8) is 0 Å². The Morgan fingerprint density at radius 3 is 2.41 bits per heavy atom. The molecule has 0 spiro atoms. The van der Waals surface area contributed by atoms with E-state index in [2.05, 4.69) is 5.92 Å². The number of carboxylic acid groups (broad SMARTS) is 1. The molecule has 0 aromatic heterocycles. The van der Waals surface area contributed by atoms with Crippen molar-refractivity contribution < 1.29 is 33.7 Å². The molecule has 3 rings (SSSR count). The van der Waals surface area contributed by atoms with E-state index in [9.17, 15) is 19.5 Å². The van der Waals surface area contributed by atoms with Crippen LogP contribution in [0.2, 0.25) is 0 Å². The number of benzene rings is 2. The molecule has 0 saturated carbocycles. The molecule has 1 N–H and O–H groups in total. The van der Waals surface area contributed by atoms with Crippen LogP contribution in [0.25, 0.3) is 0 Å². The predicted octanol–water partition coefficient (Wildman–Crippen LogP) is 3.62. The number of ether oxygens (including phenoxy) is 3. The minimum Gasteiger partial charge on any atom is -0.478 e. The number of aromatic carboxylic acids is 1. The highest BCUT2D eigenvalue weighted by molar-refractivity contribution is 5.90. The van der Waals surface area contributed by atoms with Crippen LogP contribution in [0.1, 0.15) is 56.7 Å². The molecular formula is C25H24O7. The third kappa shape index (κ3) is 4.82. The van der Waals surface area contributed by atoms with Crippen LogP contribution in [0.5, 0.6) is 0 Å². The number of terminal acetylenes is 1. The Balaban J connectivity index is 1.96. The smallest absolute Gasteiger partial charge is 0.338 e. The summed E-state index contributed by atoms with van der Waals surface area (Å²) in [7, 11) is 0. The summed E-state index contributed by atoms with van der Waals surface area (Å²) in [5.74, 6) is -0.431. The van der Waals surface area contributed by atoms with Crippen LogP contribution in [0.4, 0.5) is 0 Å². The van der Waals surface area contributed by atoms with Gasteiger partial charge in [0.15, 0.2) is 5.60 Å². The maximum absolute atomic E-state index is 12.6. The van der Waals surface area contributed by atoms with E-state index in [-0.39, 0.29) is 18.6 Å². The highest BCUT2D eigenvalue weighted by Gasteiger charge is 2.51. The molecule has 0 bridgehead atoms. The standard InChI is InChI=1S/C25H24O7/c1-5-25(14-30-24(29)18-9-6-15(2)7-10-18)21(13-22(32-25)31-17(4)26)20-12-16(3)8-11-19(20)23(27)28/h1,6-12,21-22H,13-14H2,2-4H3,(H,27,28). The number of carboxylic acids is 1. The Labute approximate surface area is 186 Å². The Morgan fingerprint density at radius 2 is 1.81 bits per heavy atom. The van der Waals surface area contributed by atoms with Crippen molar-refractivity contribution >= 4 is 17.9 Å². The van der Waals surface area contributed by atoms with Gasteiger partial charge in [-0.3, -0.25) is 4.79 Å². The van der Waals surface area contributed by atoms with Crippen molar-refractivity contribution in [3.05, 3.63) is 70.3 Å². The zero-order valence-corrected chi connectivity index (χ0v) is 18.1. The third-order valence-electron chi connectivity index (χ3n) is 5.39. The number of carbonyl (C=O) groups excluding carboxylic acids is 2. The van der Waals surface area contributed by atoms with Gasteiger partial charge in [-0.1, -0.05) is 41.3 Å². The first-order chi connectivity index (χ1) is 15.1. The van der Waals surface area contributed by atoms with Gasteiger partial charge >= 0.3 is 17.9 Å². The highest BCUT2D eigenvalue weighted by Crippen LogP contribution is 2.45. The van der Waals surface area contributed by atoms with E-state index in [1.165, 1.54) is 13.0 Å². The lowest BCUT2D eigenvalue weighted by molar-refractivity contribution is -0.182. The van der Waals surface area contributed by atoms with Gasteiger partial charge in [0.05, 0.1) is 11.1 Å². The number of esters is 2. The summed E-state index contributed by atoms with van der Waals surface area (Å²) in [5, 5.41) is 9.70. The van der Waals surface area contributed by atoms with E-state index in [0.717, 1.165) is 11.1 Å². The van der Waals surface area contributed by atoms with Gasteiger partial charge in [0.1, 0.15) is 6.61 Å². The van der Waals surface area contributed by atoms with Gasteiger partial charge in [0.25, 0.3) is 0 Å². The Kier molecular flexibility index (Phi) is 6.66. The van der Waals surface area contributed by atoms with Crippen molar-refractivity contribution in [1.82, 2.24) is 0 Å². The fraction of sp³-hybridized carbons (Fsp3) is 0.320. The van der Waals surface area contributed by atoms with Crippen molar-refractivity contribution in [3.8, 4) is 12.3 Å². The molecule has 0 radical (unpaired) electrons. The Bertz CT molecular complexity index is 1080. The highest BCUT2D eigenvalue weighted by atomic mass is 16.7. The second kappa shape index (κ2) is 9.25. The van der Waals surface area contributed by atoms with Crippen LogP contribution >= 0.6 is 0 Å². The number of rotatable bonds is 6. The van der Waals surface area contributed by atoms with E-state index in [1.807, 2.05) is 13.8 Å². The maximum Gasteiger partial charge on any atom is 0.338 e. The van der Waals surface area contributed by atoms with Gasteiger partial charge in [-0.2, -0.15) is 0 Å². The first-order valence-corrected chi connectivity index (χ1v) is 10.1. The van der Waals surface area contributed by atoms with Crippen LogP contribution in [0, 0.1) is 26.2 Å². The molecule has 0 aliphatic carbocycles. The van der Waals surface area contributed by atoms with E-state index in [1.54, 1.807) is 36.4 Å². The third-order valence-corrected chi connectivity index (χ3v) is 5.39. The van der Waals surface area contributed by atoms with Crippen LogP contribution in [-0.4, -0.2) is 41.5 Å². The molecule has 166 valence electrons. The fourth-order valence-corrected chi connectivity index (χ4v) is 3.80. The predicted molar refractivity (Wildman–Crippen MR) is 115 cm³/mol. The van der Waals surface area contributed by atoms with E-state index >= 15 is 0 Å². The molecule has 1 heterocycles. The molecule has 1 saturated heterocycles. The fourth-order valence-electron chi connectivity index (χ4n) is 3.80. The summed E-state index contributed by atoms with van der Waals surface area (Å²) in [6.45, 7) is 4.62. The van der Waals surface area contributed by atoms with E-state index in [0.29, 0.717) is 11.1 Å². The molecule has 2 aromatic carbocycles.